The number of nitrogens with two attached hydrogens (primary N) is 1. The molecule has 1 atom stereocenters. The summed E-state index contributed by atoms with van der Waals surface area (Å²) in [4.78, 5) is 0. The molecule has 0 amide bonds. The van der Waals surface area contributed by atoms with Gasteiger partial charge in [-0.1, -0.05) is 6.92 Å². The molecule has 0 radical (unpaired) electrons. The fourth-order valence-electron chi connectivity index (χ4n) is 2.08. The molecule has 3 nitrogen and oxygen atoms in total. The summed E-state index contributed by atoms with van der Waals surface area (Å²) in [5.41, 5.74) is 7.26. The predicted octanol–water partition coefficient (Wildman–Crippen LogP) is 3.18. The lowest BCUT2D eigenvalue weighted by Gasteiger charge is -2.18. The van der Waals surface area contributed by atoms with Crippen LogP contribution in [0.5, 0.6) is 11.5 Å². The van der Waals surface area contributed by atoms with Gasteiger partial charge < -0.3 is 15.2 Å². The third-order valence-electron chi connectivity index (χ3n) is 3.19. The number of halogens is 2. The van der Waals surface area contributed by atoms with Gasteiger partial charge in [-0.3, -0.25) is 0 Å². The topological polar surface area (TPSA) is 44.5 Å². The summed E-state index contributed by atoms with van der Waals surface area (Å²) in [6.45, 7) is 2.89. The highest BCUT2D eigenvalue weighted by Crippen LogP contribution is 2.33. The highest BCUT2D eigenvalue weighted by Gasteiger charge is 2.25. The van der Waals surface area contributed by atoms with Gasteiger partial charge in [-0.2, -0.15) is 0 Å². The summed E-state index contributed by atoms with van der Waals surface area (Å²) in [7, 11) is 3.00. The van der Waals surface area contributed by atoms with E-state index in [4.69, 9.17) is 15.2 Å². The largest absolute Gasteiger partial charge is 0.496 e. The van der Waals surface area contributed by atoms with Gasteiger partial charge in [0.15, 0.2) is 0 Å². The Labute approximate surface area is 119 Å². The van der Waals surface area contributed by atoms with Crippen molar-refractivity contribution in [1.29, 1.82) is 0 Å². The van der Waals surface area contributed by atoms with Gasteiger partial charge >= 0.3 is 0 Å². The van der Waals surface area contributed by atoms with E-state index in [0.29, 0.717) is 23.5 Å². The SMILES string of the molecule is CCC(N)Cc1cc(OC)c(CC(C)(F)F)cc1OC. The Morgan fingerprint density at radius 1 is 1.15 bits per heavy atom. The first-order valence-electron chi connectivity index (χ1n) is 6.68. The van der Waals surface area contributed by atoms with E-state index < -0.39 is 5.92 Å². The Hall–Kier alpha value is -1.36. The van der Waals surface area contributed by atoms with Crippen LogP contribution in [0.1, 0.15) is 31.4 Å². The fourth-order valence-corrected chi connectivity index (χ4v) is 2.08. The zero-order chi connectivity index (χ0) is 15.3. The Balaban J connectivity index is 3.16. The molecule has 1 aromatic carbocycles. The maximum absolute atomic E-state index is 13.2. The number of methoxy groups -OCH3 is 2. The summed E-state index contributed by atoms with van der Waals surface area (Å²) < 4.78 is 36.9. The van der Waals surface area contributed by atoms with Gasteiger partial charge in [0.2, 0.25) is 5.92 Å². The number of ether oxygens (including phenoxy) is 2. The van der Waals surface area contributed by atoms with Crippen LogP contribution >= 0.6 is 0 Å². The molecule has 0 aliphatic heterocycles. The lowest BCUT2D eigenvalue weighted by Crippen LogP contribution is -2.22. The lowest BCUT2D eigenvalue weighted by atomic mass is 9.98. The predicted molar refractivity (Wildman–Crippen MR) is 75.8 cm³/mol. The van der Waals surface area contributed by atoms with Crippen LogP contribution < -0.4 is 15.2 Å². The molecule has 0 bridgehead atoms. The van der Waals surface area contributed by atoms with Crippen LogP contribution in [0.3, 0.4) is 0 Å². The molecule has 0 aromatic heterocycles. The Kier molecular flexibility index (Phi) is 5.74. The standard InChI is InChI=1S/C15H23F2NO2/c1-5-12(18)6-10-7-14(20-4)11(8-13(10)19-3)9-15(2,16)17/h7-8,12H,5-6,9,18H2,1-4H3. The van der Waals surface area contributed by atoms with Gasteiger partial charge in [-0.05, 0) is 37.5 Å². The van der Waals surface area contributed by atoms with Crippen LogP contribution in [-0.4, -0.2) is 26.2 Å². The summed E-state index contributed by atoms with van der Waals surface area (Å²) in [6, 6.07) is 3.37. The van der Waals surface area contributed by atoms with E-state index in [1.165, 1.54) is 14.2 Å². The van der Waals surface area contributed by atoms with Crippen molar-refractivity contribution in [2.45, 2.75) is 45.1 Å². The average molecular weight is 287 g/mol. The quantitative estimate of drug-likeness (QED) is 0.837. The minimum Gasteiger partial charge on any atom is -0.496 e. The smallest absolute Gasteiger partial charge is 0.249 e. The van der Waals surface area contributed by atoms with Crippen molar-refractivity contribution in [2.75, 3.05) is 14.2 Å². The molecule has 1 aromatic rings. The summed E-state index contributed by atoms with van der Waals surface area (Å²) in [5, 5.41) is 0. The normalized spacial score (nSPS) is 13.2. The average Bonchev–Trinajstić information content (AvgIpc) is 2.37. The van der Waals surface area contributed by atoms with Crippen LogP contribution in [-0.2, 0) is 12.8 Å². The van der Waals surface area contributed by atoms with E-state index in [1.54, 1.807) is 12.1 Å². The van der Waals surface area contributed by atoms with E-state index in [-0.39, 0.29) is 12.5 Å². The first kappa shape index (κ1) is 16.7. The molecule has 0 saturated heterocycles. The molecule has 114 valence electrons. The van der Waals surface area contributed by atoms with Crippen molar-refractivity contribution in [3.8, 4) is 11.5 Å². The molecule has 0 saturated carbocycles. The molecule has 2 N–H and O–H groups in total. The molecule has 0 fully saturated rings. The van der Waals surface area contributed by atoms with Gasteiger partial charge in [0, 0.05) is 18.0 Å². The summed E-state index contributed by atoms with van der Waals surface area (Å²) >= 11 is 0. The van der Waals surface area contributed by atoms with Gasteiger partial charge in [0.25, 0.3) is 0 Å². The zero-order valence-corrected chi connectivity index (χ0v) is 12.5. The number of benzene rings is 1. The number of hydrogen-bond acceptors (Lipinski definition) is 3. The third-order valence-corrected chi connectivity index (χ3v) is 3.19. The fraction of sp³-hybridized carbons (Fsp3) is 0.600. The summed E-state index contributed by atoms with van der Waals surface area (Å²) in [5.74, 6) is -1.76. The second kappa shape index (κ2) is 6.88. The van der Waals surface area contributed by atoms with E-state index in [0.717, 1.165) is 18.9 Å². The monoisotopic (exact) mass is 287 g/mol. The van der Waals surface area contributed by atoms with Gasteiger partial charge in [0.05, 0.1) is 14.2 Å². The molecule has 1 unspecified atom stereocenters. The summed E-state index contributed by atoms with van der Waals surface area (Å²) in [6.07, 6.45) is 1.08. The van der Waals surface area contributed by atoms with Crippen LogP contribution in [0.4, 0.5) is 8.78 Å². The first-order valence-corrected chi connectivity index (χ1v) is 6.68. The first-order chi connectivity index (χ1) is 9.30. The van der Waals surface area contributed by atoms with Crippen LogP contribution in [0.25, 0.3) is 0 Å². The number of hydrogen-bond donors (Lipinski definition) is 1. The molecule has 5 heteroatoms. The van der Waals surface area contributed by atoms with Gasteiger partial charge in [-0.25, -0.2) is 8.78 Å². The van der Waals surface area contributed by atoms with Crippen LogP contribution in [0.2, 0.25) is 0 Å². The molecule has 0 spiro atoms. The van der Waals surface area contributed by atoms with Crippen molar-refractivity contribution >= 4 is 0 Å². The Bertz CT molecular complexity index is 444. The number of rotatable bonds is 7. The molecule has 0 aliphatic carbocycles. The Morgan fingerprint density at radius 2 is 1.65 bits per heavy atom. The van der Waals surface area contributed by atoms with Crippen molar-refractivity contribution in [3.63, 3.8) is 0 Å². The Morgan fingerprint density at radius 3 is 2.10 bits per heavy atom. The molecule has 20 heavy (non-hydrogen) atoms. The molecular formula is C15H23F2NO2. The minimum atomic E-state index is -2.79. The number of alkyl halides is 2. The lowest BCUT2D eigenvalue weighted by molar-refractivity contribution is 0.0220. The minimum absolute atomic E-state index is 0.00655. The van der Waals surface area contributed by atoms with Crippen molar-refractivity contribution in [1.82, 2.24) is 0 Å². The van der Waals surface area contributed by atoms with Gasteiger partial charge in [0.1, 0.15) is 11.5 Å². The zero-order valence-electron chi connectivity index (χ0n) is 12.5. The van der Waals surface area contributed by atoms with E-state index in [2.05, 4.69) is 0 Å². The maximum atomic E-state index is 13.2. The van der Waals surface area contributed by atoms with Crippen LogP contribution in [0, 0.1) is 0 Å². The van der Waals surface area contributed by atoms with E-state index in [9.17, 15) is 8.78 Å². The maximum Gasteiger partial charge on any atom is 0.249 e. The highest BCUT2D eigenvalue weighted by molar-refractivity contribution is 5.47. The van der Waals surface area contributed by atoms with Crippen molar-refractivity contribution < 1.29 is 18.3 Å². The second-order valence-electron chi connectivity index (χ2n) is 5.10. The molecule has 0 aliphatic rings. The third kappa shape index (κ3) is 4.63. The van der Waals surface area contributed by atoms with Crippen molar-refractivity contribution in [3.05, 3.63) is 23.3 Å². The molecule has 0 heterocycles. The second-order valence-corrected chi connectivity index (χ2v) is 5.10. The van der Waals surface area contributed by atoms with Gasteiger partial charge in [-0.15, -0.1) is 0 Å². The molecular weight excluding hydrogens is 264 g/mol. The van der Waals surface area contributed by atoms with E-state index in [1.807, 2.05) is 6.92 Å². The van der Waals surface area contributed by atoms with Crippen LogP contribution in [0.15, 0.2) is 12.1 Å². The highest BCUT2D eigenvalue weighted by atomic mass is 19.3. The molecule has 1 rings (SSSR count). The van der Waals surface area contributed by atoms with Crippen molar-refractivity contribution in [2.24, 2.45) is 5.73 Å². The van der Waals surface area contributed by atoms with E-state index >= 15 is 0 Å².